The van der Waals surface area contributed by atoms with Crippen LogP contribution in [0.15, 0.2) is 16.9 Å². The quantitative estimate of drug-likeness (QED) is 0.733. The topological polar surface area (TPSA) is 34.9 Å². The third-order valence-electron chi connectivity index (χ3n) is 3.25. The molecular formula is C13H16N2O. The Balaban J connectivity index is 3.01. The van der Waals surface area contributed by atoms with Gasteiger partial charge >= 0.3 is 0 Å². The second kappa shape index (κ2) is 3.74. The summed E-state index contributed by atoms with van der Waals surface area (Å²) in [5.41, 5.74) is 4.23. The van der Waals surface area contributed by atoms with E-state index in [1.807, 2.05) is 19.9 Å². The summed E-state index contributed by atoms with van der Waals surface area (Å²) in [6, 6.07) is 3.49. The second-order valence-electron chi connectivity index (χ2n) is 4.10. The predicted octanol–water partition coefficient (Wildman–Crippen LogP) is 2.34. The lowest BCUT2D eigenvalue weighted by Gasteiger charge is -2.12. The largest absolute Gasteiger partial charge is 0.293 e. The average Bonchev–Trinajstić information content (AvgIpc) is 2.26. The molecule has 2 aromatic rings. The molecule has 0 spiro atoms. The monoisotopic (exact) mass is 216 g/mol. The molecule has 0 saturated carbocycles. The molecule has 0 unspecified atom stereocenters. The van der Waals surface area contributed by atoms with Crippen LogP contribution in [0.5, 0.6) is 0 Å². The molecule has 0 bridgehead atoms. The molecule has 3 nitrogen and oxygen atoms in total. The van der Waals surface area contributed by atoms with E-state index in [1.165, 1.54) is 11.1 Å². The van der Waals surface area contributed by atoms with Gasteiger partial charge in [0.25, 0.3) is 5.56 Å². The summed E-state index contributed by atoms with van der Waals surface area (Å²) in [7, 11) is 0. The normalized spacial score (nSPS) is 11.0. The van der Waals surface area contributed by atoms with Crippen LogP contribution in [0.25, 0.3) is 11.0 Å². The Labute approximate surface area is 94.7 Å². The molecule has 16 heavy (non-hydrogen) atoms. The molecule has 0 aromatic carbocycles. The number of nitrogens with zero attached hydrogens (tertiary/aromatic N) is 2. The average molecular weight is 216 g/mol. The Morgan fingerprint density at radius 2 is 1.88 bits per heavy atom. The third kappa shape index (κ3) is 1.43. The van der Waals surface area contributed by atoms with Crippen molar-refractivity contribution < 1.29 is 0 Å². The Morgan fingerprint density at radius 1 is 1.19 bits per heavy atom. The highest BCUT2D eigenvalue weighted by Gasteiger charge is 2.09. The lowest BCUT2D eigenvalue weighted by Crippen LogP contribution is -2.19. The second-order valence-corrected chi connectivity index (χ2v) is 4.10. The van der Waals surface area contributed by atoms with Crippen LogP contribution in [0.3, 0.4) is 0 Å². The van der Waals surface area contributed by atoms with Crippen LogP contribution < -0.4 is 5.56 Å². The van der Waals surface area contributed by atoms with E-state index in [0.717, 1.165) is 16.7 Å². The number of aryl methyl sites for hydroxylation is 3. The number of aromatic nitrogens is 2. The van der Waals surface area contributed by atoms with Crippen molar-refractivity contribution in [2.75, 3.05) is 0 Å². The fourth-order valence-electron chi connectivity index (χ4n) is 2.00. The van der Waals surface area contributed by atoms with Crippen molar-refractivity contribution in [3.8, 4) is 0 Å². The molecule has 0 atom stereocenters. The van der Waals surface area contributed by atoms with Crippen LogP contribution in [0.4, 0.5) is 0 Å². The number of pyridine rings is 2. The molecule has 2 heterocycles. The molecule has 0 N–H and O–H groups in total. The molecule has 2 rings (SSSR count). The number of fused-ring (bicyclic) bond motifs is 1. The van der Waals surface area contributed by atoms with Crippen LogP contribution in [0, 0.1) is 20.8 Å². The van der Waals surface area contributed by atoms with E-state index in [2.05, 4.69) is 18.8 Å². The van der Waals surface area contributed by atoms with Crippen molar-refractivity contribution in [1.29, 1.82) is 0 Å². The lowest BCUT2D eigenvalue weighted by molar-refractivity contribution is 0.747. The maximum absolute atomic E-state index is 11.7. The molecule has 3 heteroatoms. The van der Waals surface area contributed by atoms with Gasteiger partial charge in [0, 0.05) is 23.7 Å². The summed E-state index contributed by atoms with van der Waals surface area (Å²) >= 11 is 0. The van der Waals surface area contributed by atoms with Gasteiger partial charge in [0.15, 0.2) is 0 Å². The lowest BCUT2D eigenvalue weighted by atomic mass is 10.1. The highest BCUT2D eigenvalue weighted by atomic mass is 16.1. The van der Waals surface area contributed by atoms with E-state index in [9.17, 15) is 4.79 Å². The van der Waals surface area contributed by atoms with Gasteiger partial charge in [-0.2, -0.15) is 0 Å². The highest BCUT2D eigenvalue weighted by molar-refractivity contribution is 5.80. The van der Waals surface area contributed by atoms with Gasteiger partial charge in [-0.3, -0.25) is 9.36 Å². The predicted molar refractivity (Wildman–Crippen MR) is 65.9 cm³/mol. The molecule has 0 radical (unpaired) electrons. The van der Waals surface area contributed by atoms with Crippen molar-refractivity contribution in [2.45, 2.75) is 34.2 Å². The van der Waals surface area contributed by atoms with E-state index < -0.39 is 0 Å². The van der Waals surface area contributed by atoms with Crippen LogP contribution in [-0.2, 0) is 6.54 Å². The van der Waals surface area contributed by atoms with E-state index in [4.69, 9.17) is 0 Å². The van der Waals surface area contributed by atoms with Crippen LogP contribution in [0.1, 0.15) is 23.7 Å². The minimum atomic E-state index is 0.0187. The summed E-state index contributed by atoms with van der Waals surface area (Å²) in [6.45, 7) is 8.76. The molecular weight excluding hydrogens is 200 g/mol. The van der Waals surface area contributed by atoms with Crippen LogP contribution in [0.2, 0.25) is 0 Å². The molecule has 84 valence electrons. The van der Waals surface area contributed by atoms with E-state index in [1.54, 1.807) is 10.6 Å². The van der Waals surface area contributed by atoms with Gasteiger partial charge in [-0.1, -0.05) is 0 Å². The first kappa shape index (κ1) is 10.9. The number of hydrogen-bond acceptors (Lipinski definition) is 2. The van der Waals surface area contributed by atoms with Gasteiger partial charge in [0.1, 0.15) is 5.65 Å². The Kier molecular flexibility index (Phi) is 2.54. The number of hydrogen-bond donors (Lipinski definition) is 0. The van der Waals surface area contributed by atoms with Gasteiger partial charge < -0.3 is 0 Å². The smallest absolute Gasteiger partial charge is 0.252 e. The summed E-state index contributed by atoms with van der Waals surface area (Å²) in [5, 5.41) is 1.07. The Morgan fingerprint density at radius 3 is 2.50 bits per heavy atom. The standard InChI is InChI=1S/C13H16N2O/c1-5-15-12(16)7-6-11-9(3)8(2)10(4)14-13(11)15/h6-7H,5H2,1-4H3. The fourth-order valence-corrected chi connectivity index (χ4v) is 2.00. The third-order valence-corrected chi connectivity index (χ3v) is 3.25. The summed E-state index contributed by atoms with van der Waals surface area (Å²) in [6.07, 6.45) is 0. The van der Waals surface area contributed by atoms with Gasteiger partial charge in [-0.15, -0.1) is 0 Å². The zero-order valence-electron chi connectivity index (χ0n) is 10.2. The fraction of sp³-hybridized carbons (Fsp3) is 0.385. The van der Waals surface area contributed by atoms with Crippen LogP contribution in [-0.4, -0.2) is 9.55 Å². The molecule has 0 aliphatic carbocycles. The summed E-state index contributed by atoms with van der Waals surface area (Å²) in [5.74, 6) is 0. The number of rotatable bonds is 1. The minimum absolute atomic E-state index is 0.0187. The molecule has 2 aromatic heterocycles. The zero-order chi connectivity index (χ0) is 11.9. The maximum atomic E-state index is 11.7. The van der Waals surface area contributed by atoms with Crippen molar-refractivity contribution in [3.63, 3.8) is 0 Å². The highest BCUT2D eigenvalue weighted by Crippen LogP contribution is 2.20. The SMILES string of the molecule is CCn1c(=O)ccc2c(C)c(C)c(C)nc21. The van der Waals surface area contributed by atoms with Crippen molar-refractivity contribution in [2.24, 2.45) is 0 Å². The molecule has 0 aliphatic heterocycles. The van der Waals surface area contributed by atoms with Crippen molar-refractivity contribution >= 4 is 11.0 Å². The van der Waals surface area contributed by atoms with Gasteiger partial charge in [0.2, 0.25) is 0 Å². The Bertz CT molecular complexity index is 611. The molecule has 0 amide bonds. The van der Waals surface area contributed by atoms with Crippen molar-refractivity contribution in [3.05, 3.63) is 39.3 Å². The van der Waals surface area contributed by atoms with Crippen LogP contribution >= 0.6 is 0 Å². The van der Waals surface area contributed by atoms with E-state index in [-0.39, 0.29) is 5.56 Å². The first-order valence-electron chi connectivity index (χ1n) is 5.53. The van der Waals surface area contributed by atoms with Gasteiger partial charge in [-0.05, 0) is 44.9 Å². The first-order chi connectivity index (χ1) is 7.56. The first-order valence-corrected chi connectivity index (χ1v) is 5.53. The van der Waals surface area contributed by atoms with Gasteiger partial charge in [-0.25, -0.2) is 4.98 Å². The summed E-state index contributed by atoms with van der Waals surface area (Å²) < 4.78 is 1.72. The van der Waals surface area contributed by atoms with E-state index in [0.29, 0.717) is 6.54 Å². The minimum Gasteiger partial charge on any atom is -0.293 e. The summed E-state index contributed by atoms with van der Waals surface area (Å²) in [4.78, 5) is 16.2. The van der Waals surface area contributed by atoms with E-state index >= 15 is 0 Å². The zero-order valence-corrected chi connectivity index (χ0v) is 10.2. The Hall–Kier alpha value is -1.64. The molecule has 0 fully saturated rings. The van der Waals surface area contributed by atoms with Crippen molar-refractivity contribution in [1.82, 2.24) is 9.55 Å². The molecule has 0 aliphatic rings. The maximum Gasteiger partial charge on any atom is 0.252 e. The van der Waals surface area contributed by atoms with Gasteiger partial charge in [0.05, 0.1) is 0 Å². The molecule has 0 saturated heterocycles.